The molecule has 0 unspecified atom stereocenters. The fraction of sp³-hybridized carbons (Fsp3) is 0.429. The van der Waals surface area contributed by atoms with E-state index in [1.54, 1.807) is 11.3 Å². The van der Waals surface area contributed by atoms with E-state index >= 15 is 0 Å². The maximum absolute atomic E-state index is 4.79. The van der Waals surface area contributed by atoms with Crippen molar-refractivity contribution in [3.05, 3.63) is 46.7 Å². The van der Waals surface area contributed by atoms with Gasteiger partial charge in [0.25, 0.3) is 0 Å². The number of benzene rings is 1. The SMILES string of the molecule is CN(C)c1nc(N[C@H]2CCC[C@H](NCc3ccsc3)C2)nc2ccccc12. The van der Waals surface area contributed by atoms with Crippen molar-refractivity contribution in [2.24, 2.45) is 0 Å². The Hall–Kier alpha value is -2.18. The molecule has 0 bridgehead atoms. The summed E-state index contributed by atoms with van der Waals surface area (Å²) in [6.07, 6.45) is 4.75. The van der Waals surface area contributed by atoms with E-state index in [0.717, 1.165) is 35.6 Å². The Morgan fingerprint density at radius 1 is 1.11 bits per heavy atom. The van der Waals surface area contributed by atoms with Crippen LogP contribution in [0.15, 0.2) is 41.1 Å². The molecule has 142 valence electrons. The summed E-state index contributed by atoms with van der Waals surface area (Å²) < 4.78 is 0. The first kappa shape index (κ1) is 18.2. The first-order valence-corrected chi connectivity index (χ1v) is 10.6. The van der Waals surface area contributed by atoms with Crippen LogP contribution >= 0.6 is 11.3 Å². The van der Waals surface area contributed by atoms with E-state index in [9.17, 15) is 0 Å². The zero-order valence-corrected chi connectivity index (χ0v) is 16.8. The van der Waals surface area contributed by atoms with Crippen LogP contribution in [0.1, 0.15) is 31.2 Å². The predicted molar refractivity (Wildman–Crippen MR) is 115 cm³/mol. The molecular weight excluding hydrogens is 354 g/mol. The van der Waals surface area contributed by atoms with Gasteiger partial charge in [0.1, 0.15) is 5.82 Å². The lowest BCUT2D eigenvalue weighted by Gasteiger charge is -2.30. The van der Waals surface area contributed by atoms with Crippen molar-refractivity contribution in [1.29, 1.82) is 0 Å². The van der Waals surface area contributed by atoms with Crippen LogP contribution in [0.25, 0.3) is 10.9 Å². The molecule has 3 aromatic rings. The molecule has 0 aliphatic heterocycles. The van der Waals surface area contributed by atoms with Gasteiger partial charge < -0.3 is 15.5 Å². The number of hydrogen-bond acceptors (Lipinski definition) is 6. The fourth-order valence-electron chi connectivity index (χ4n) is 3.81. The fourth-order valence-corrected chi connectivity index (χ4v) is 4.48. The van der Waals surface area contributed by atoms with Gasteiger partial charge >= 0.3 is 0 Å². The van der Waals surface area contributed by atoms with E-state index < -0.39 is 0 Å². The van der Waals surface area contributed by atoms with Crippen molar-refractivity contribution in [3.63, 3.8) is 0 Å². The lowest BCUT2D eigenvalue weighted by atomic mass is 9.91. The van der Waals surface area contributed by atoms with Crippen LogP contribution in [-0.2, 0) is 6.54 Å². The predicted octanol–water partition coefficient (Wildman–Crippen LogP) is 4.27. The van der Waals surface area contributed by atoms with Gasteiger partial charge in [-0.3, -0.25) is 0 Å². The van der Waals surface area contributed by atoms with E-state index in [4.69, 9.17) is 9.97 Å². The first-order chi connectivity index (χ1) is 13.2. The molecule has 2 N–H and O–H groups in total. The number of thiophene rings is 1. The van der Waals surface area contributed by atoms with Crippen molar-refractivity contribution in [2.45, 2.75) is 44.3 Å². The highest BCUT2D eigenvalue weighted by atomic mass is 32.1. The Morgan fingerprint density at radius 3 is 2.78 bits per heavy atom. The molecule has 6 heteroatoms. The van der Waals surface area contributed by atoms with Gasteiger partial charge in [-0.05, 0) is 60.2 Å². The number of rotatable bonds is 6. The highest BCUT2D eigenvalue weighted by molar-refractivity contribution is 7.07. The summed E-state index contributed by atoms with van der Waals surface area (Å²) in [4.78, 5) is 11.6. The molecule has 1 saturated carbocycles. The van der Waals surface area contributed by atoms with Crippen LogP contribution in [0.5, 0.6) is 0 Å². The molecule has 0 amide bonds. The molecule has 5 nitrogen and oxygen atoms in total. The normalized spacial score (nSPS) is 19.9. The summed E-state index contributed by atoms with van der Waals surface area (Å²) in [5, 5.41) is 12.8. The molecule has 0 spiro atoms. The van der Waals surface area contributed by atoms with Gasteiger partial charge in [-0.15, -0.1) is 0 Å². The third-order valence-electron chi connectivity index (χ3n) is 5.19. The quantitative estimate of drug-likeness (QED) is 0.668. The van der Waals surface area contributed by atoms with Crippen LogP contribution in [0.2, 0.25) is 0 Å². The molecule has 1 aliphatic carbocycles. The highest BCUT2D eigenvalue weighted by Gasteiger charge is 2.22. The molecule has 4 rings (SSSR count). The molecular formula is C21H27N5S. The minimum Gasteiger partial charge on any atom is -0.362 e. The number of hydrogen-bond donors (Lipinski definition) is 2. The van der Waals surface area contributed by atoms with E-state index in [1.807, 2.05) is 26.2 Å². The second kappa shape index (κ2) is 8.23. The summed E-state index contributed by atoms with van der Waals surface area (Å²) in [6.45, 7) is 0.956. The number of anilines is 2. The molecule has 2 atom stereocenters. The summed E-state index contributed by atoms with van der Waals surface area (Å²) in [6, 6.07) is 11.4. The third kappa shape index (κ3) is 4.39. The van der Waals surface area contributed by atoms with Crippen molar-refractivity contribution in [2.75, 3.05) is 24.3 Å². The Labute approximate surface area is 164 Å². The Kier molecular flexibility index (Phi) is 5.55. The first-order valence-electron chi connectivity index (χ1n) is 9.64. The lowest BCUT2D eigenvalue weighted by molar-refractivity contribution is 0.350. The van der Waals surface area contributed by atoms with Crippen molar-refractivity contribution >= 4 is 34.0 Å². The molecule has 1 aromatic carbocycles. The minimum atomic E-state index is 0.412. The van der Waals surface area contributed by atoms with E-state index in [0.29, 0.717) is 12.1 Å². The minimum absolute atomic E-state index is 0.412. The van der Waals surface area contributed by atoms with Gasteiger partial charge in [-0.2, -0.15) is 16.3 Å². The van der Waals surface area contributed by atoms with Crippen LogP contribution < -0.4 is 15.5 Å². The van der Waals surface area contributed by atoms with E-state index in [-0.39, 0.29) is 0 Å². The standard InChI is InChI=1S/C21H27N5S/c1-26(2)20-18-8-3-4-9-19(18)24-21(25-20)23-17-7-5-6-16(12-17)22-13-15-10-11-27-14-15/h3-4,8-11,14,16-17,22H,5-7,12-13H2,1-2H3,(H,23,24,25)/t16-,17-/m0/s1. The lowest BCUT2D eigenvalue weighted by Crippen LogP contribution is -2.38. The average molecular weight is 382 g/mol. The van der Waals surface area contributed by atoms with Crippen LogP contribution in [0.4, 0.5) is 11.8 Å². The third-order valence-corrected chi connectivity index (χ3v) is 5.92. The van der Waals surface area contributed by atoms with Crippen LogP contribution in [0.3, 0.4) is 0 Å². The molecule has 1 fully saturated rings. The van der Waals surface area contributed by atoms with Gasteiger partial charge in [0.15, 0.2) is 0 Å². The monoisotopic (exact) mass is 381 g/mol. The molecule has 0 saturated heterocycles. The van der Waals surface area contributed by atoms with Crippen molar-refractivity contribution < 1.29 is 0 Å². The maximum atomic E-state index is 4.79. The summed E-state index contributed by atoms with van der Waals surface area (Å²) in [7, 11) is 4.06. The van der Waals surface area contributed by atoms with Gasteiger partial charge in [-0.1, -0.05) is 12.1 Å². The summed E-state index contributed by atoms with van der Waals surface area (Å²) in [5.41, 5.74) is 2.37. The number of nitrogens with zero attached hydrogens (tertiary/aromatic N) is 3. The van der Waals surface area contributed by atoms with Gasteiger partial charge in [-0.25, -0.2) is 4.98 Å². The Balaban J connectivity index is 1.45. The van der Waals surface area contributed by atoms with Crippen molar-refractivity contribution in [3.8, 4) is 0 Å². The second-order valence-corrected chi connectivity index (χ2v) is 8.28. The second-order valence-electron chi connectivity index (χ2n) is 7.50. The Morgan fingerprint density at radius 2 is 1.96 bits per heavy atom. The van der Waals surface area contributed by atoms with Crippen molar-refractivity contribution in [1.82, 2.24) is 15.3 Å². The number of aromatic nitrogens is 2. The summed E-state index contributed by atoms with van der Waals surface area (Å²) >= 11 is 1.76. The van der Waals surface area contributed by atoms with Crippen LogP contribution in [0, 0.1) is 0 Å². The van der Waals surface area contributed by atoms with Gasteiger partial charge in [0.2, 0.25) is 5.95 Å². The zero-order chi connectivity index (χ0) is 18.6. The molecule has 27 heavy (non-hydrogen) atoms. The number of para-hydroxylation sites is 1. The average Bonchev–Trinajstić information content (AvgIpc) is 3.19. The van der Waals surface area contributed by atoms with Crippen LogP contribution in [-0.4, -0.2) is 36.1 Å². The molecule has 2 aromatic heterocycles. The Bertz CT molecular complexity index is 877. The number of fused-ring (bicyclic) bond motifs is 1. The largest absolute Gasteiger partial charge is 0.362 e. The molecule has 2 heterocycles. The van der Waals surface area contributed by atoms with Gasteiger partial charge in [0, 0.05) is 38.1 Å². The number of nitrogens with one attached hydrogen (secondary N) is 2. The maximum Gasteiger partial charge on any atom is 0.225 e. The topological polar surface area (TPSA) is 53.1 Å². The molecule has 1 aliphatic rings. The zero-order valence-electron chi connectivity index (χ0n) is 16.0. The van der Waals surface area contributed by atoms with E-state index in [1.165, 1.54) is 24.8 Å². The van der Waals surface area contributed by atoms with E-state index in [2.05, 4.69) is 44.5 Å². The summed E-state index contributed by atoms with van der Waals surface area (Å²) in [5.74, 6) is 1.70. The smallest absolute Gasteiger partial charge is 0.225 e. The van der Waals surface area contributed by atoms with Gasteiger partial charge in [0.05, 0.1) is 5.52 Å². The molecule has 0 radical (unpaired) electrons. The highest BCUT2D eigenvalue weighted by Crippen LogP contribution is 2.26.